The number of hydrogen-bond donors (Lipinski definition) is 1. The summed E-state index contributed by atoms with van der Waals surface area (Å²) in [6, 6.07) is 24.4. The number of rotatable bonds is 4. The molecule has 0 bridgehead atoms. The van der Waals surface area contributed by atoms with Crippen molar-refractivity contribution >= 4 is 28.5 Å². The number of pyridine rings is 1. The van der Waals surface area contributed by atoms with E-state index in [1.165, 1.54) is 27.6 Å². The lowest BCUT2D eigenvalue weighted by atomic mass is 10.0. The molecule has 6 aromatic rings. The highest BCUT2D eigenvalue weighted by Gasteiger charge is 2.20. The van der Waals surface area contributed by atoms with Gasteiger partial charge in [0.25, 0.3) is 0 Å². The zero-order valence-electron chi connectivity index (χ0n) is 21.6. The summed E-state index contributed by atoms with van der Waals surface area (Å²) in [5.41, 5.74) is 3.35. The van der Waals surface area contributed by atoms with Crippen molar-refractivity contribution in [2.75, 3.05) is 5.32 Å². The number of anilines is 2. The van der Waals surface area contributed by atoms with E-state index >= 15 is 0 Å². The van der Waals surface area contributed by atoms with E-state index in [2.05, 4.69) is 51.4 Å². The standard InChI is InChI=1S/C23H15F2N5.C5H6S.C3H6/c24-16-8-4-9-17(14-16)27-23-26-12-11-19(28-23)20-21(15-6-2-1-3-7-15)29-30-13-5-10-18(25)22(20)30;1-5-3-2-4-6-5;1-3-2/h1-14H,(H,26,27,28);2-4H,1H3;3H,1H2,2H3. The first kappa shape index (κ1) is 27.3. The van der Waals surface area contributed by atoms with E-state index in [4.69, 9.17) is 0 Å². The van der Waals surface area contributed by atoms with Crippen LogP contribution in [-0.4, -0.2) is 19.6 Å². The molecule has 39 heavy (non-hydrogen) atoms. The quantitative estimate of drug-likeness (QED) is 0.228. The van der Waals surface area contributed by atoms with Crippen LogP contribution in [0.3, 0.4) is 0 Å². The van der Waals surface area contributed by atoms with Crippen LogP contribution in [0.1, 0.15) is 11.8 Å². The number of hydrogen-bond acceptors (Lipinski definition) is 5. The van der Waals surface area contributed by atoms with E-state index in [0.717, 1.165) is 5.56 Å². The SMILES string of the molecule is C=CC.Cc1cccs1.Fc1cccc(Nc2nccc(-c3c(-c4ccccc4)nn4cccc(F)c34)n2)c1. The van der Waals surface area contributed by atoms with E-state index in [0.29, 0.717) is 28.2 Å². The second kappa shape index (κ2) is 13.2. The summed E-state index contributed by atoms with van der Waals surface area (Å²) in [5, 5.41) is 9.66. The molecule has 0 radical (unpaired) electrons. The molecule has 0 aliphatic heterocycles. The van der Waals surface area contributed by atoms with Gasteiger partial charge in [-0.2, -0.15) is 5.10 Å². The van der Waals surface area contributed by atoms with Crippen molar-refractivity contribution in [3.63, 3.8) is 0 Å². The molecular formula is C31H27F2N5S. The van der Waals surface area contributed by atoms with Gasteiger partial charge in [-0.25, -0.2) is 23.3 Å². The van der Waals surface area contributed by atoms with Crippen LogP contribution in [-0.2, 0) is 0 Å². The van der Waals surface area contributed by atoms with Crippen LogP contribution in [0.4, 0.5) is 20.4 Å². The normalized spacial score (nSPS) is 10.2. The van der Waals surface area contributed by atoms with E-state index in [1.54, 1.807) is 54.1 Å². The van der Waals surface area contributed by atoms with Gasteiger partial charge < -0.3 is 5.32 Å². The lowest BCUT2D eigenvalue weighted by molar-refractivity contribution is 0.628. The molecule has 0 unspecified atom stereocenters. The molecule has 0 atom stereocenters. The van der Waals surface area contributed by atoms with Crippen LogP contribution < -0.4 is 5.32 Å². The Labute approximate surface area is 230 Å². The number of aromatic nitrogens is 4. The molecule has 0 fully saturated rings. The minimum absolute atomic E-state index is 0.271. The zero-order valence-corrected chi connectivity index (χ0v) is 22.4. The molecule has 1 N–H and O–H groups in total. The lowest BCUT2D eigenvalue weighted by Crippen LogP contribution is -1.98. The number of nitrogens with zero attached hydrogens (tertiary/aromatic N) is 4. The van der Waals surface area contributed by atoms with Crippen molar-refractivity contribution in [2.45, 2.75) is 13.8 Å². The van der Waals surface area contributed by atoms with Crippen LogP contribution in [0.15, 0.2) is 115 Å². The van der Waals surface area contributed by atoms with Gasteiger partial charge in [0.15, 0.2) is 0 Å². The number of nitrogens with one attached hydrogen (secondary N) is 1. The maximum Gasteiger partial charge on any atom is 0.227 e. The van der Waals surface area contributed by atoms with Crippen molar-refractivity contribution in [3.8, 4) is 22.5 Å². The molecule has 6 rings (SSSR count). The first-order valence-corrected chi connectivity index (χ1v) is 13.0. The Hall–Kier alpha value is -4.69. The average molecular weight is 540 g/mol. The maximum absolute atomic E-state index is 14.8. The van der Waals surface area contributed by atoms with Crippen LogP contribution in [0.25, 0.3) is 28.0 Å². The van der Waals surface area contributed by atoms with E-state index < -0.39 is 5.82 Å². The monoisotopic (exact) mass is 539 g/mol. The van der Waals surface area contributed by atoms with Gasteiger partial charge in [-0.1, -0.05) is 48.5 Å². The number of aryl methyl sites for hydroxylation is 1. The number of halogens is 2. The minimum Gasteiger partial charge on any atom is -0.324 e. The zero-order chi connectivity index (χ0) is 27.6. The molecule has 0 aliphatic carbocycles. The third kappa shape index (κ3) is 7.00. The van der Waals surface area contributed by atoms with Gasteiger partial charge in [-0.15, -0.1) is 17.9 Å². The third-order valence-corrected chi connectivity index (χ3v) is 6.11. The second-order valence-electron chi connectivity index (χ2n) is 8.27. The lowest BCUT2D eigenvalue weighted by Gasteiger charge is -2.08. The highest BCUT2D eigenvalue weighted by molar-refractivity contribution is 7.09. The van der Waals surface area contributed by atoms with Crippen LogP contribution in [0.5, 0.6) is 0 Å². The fraction of sp³-hybridized carbons (Fsp3) is 0.0645. The molecule has 0 saturated carbocycles. The number of thiophene rings is 1. The van der Waals surface area contributed by atoms with E-state index in [1.807, 2.05) is 37.3 Å². The minimum atomic E-state index is -0.402. The Morgan fingerprint density at radius 2 is 1.74 bits per heavy atom. The topological polar surface area (TPSA) is 55.1 Å². The van der Waals surface area contributed by atoms with Crippen molar-refractivity contribution < 1.29 is 8.78 Å². The molecule has 2 aromatic carbocycles. The molecule has 0 amide bonds. The Balaban J connectivity index is 0.000000337. The molecule has 0 aliphatic rings. The Bertz CT molecular complexity index is 1650. The average Bonchev–Trinajstić information content (AvgIpc) is 3.58. The van der Waals surface area contributed by atoms with E-state index in [9.17, 15) is 8.78 Å². The third-order valence-electron chi connectivity index (χ3n) is 5.31. The van der Waals surface area contributed by atoms with Crippen LogP contribution in [0, 0.1) is 18.6 Å². The van der Waals surface area contributed by atoms with Gasteiger partial charge in [0.2, 0.25) is 5.95 Å². The van der Waals surface area contributed by atoms with Crippen molar-refractivity contribution in [2.24, 2.45) is 0 Å². The summed E-state index contributed by atoms with van der Waals surface area (Å²) in [7, 11) is 0. The molecule has 4 aromatic heterocycles. The van der Waals surface area contributed by atoms with Gasteiger partial charge in [0.1, 0.15) is 22.8 Å². The van der Waals surface area contributed by atoms with Crippen LogP contribution >= 0.6 is 11.3 Å². The molecule has 4 heterocycles. The number of fused-ring (bicyclic) bond motifs is 1. The van der Waals surface area contributed by atoms with Gasteiger partial charge in [-0.05, 0) is 61.7 Å². The summed E-state index contributed by atoms with van der Waals surface area (Å²) in [4.78, 5) is 10.2. The fourth-order valence-corrected chi connectivity index (χ4v) is 4.24. The first-order chi connectivity index (χ1) is 19.0. The van der Waals surface area contributed by atoms with Gasteiger partial charge >= 0.3 is 0 Å². The smallest absolute Gasteiger partial charge is 0.227 e. The van der Waals surface area contributed by atoms with Gasteiger partial charge in [0.05, 0.1) is 11.3 Å². The summed E-state index contributed by atoms with van der Waals surface area (Å²) in [5.74, 6) is -0.500. The molecule has 196 valence electrons. The fourth-order valence-electron chi connectivity index (χ4n) is 3.71. The molecule has 0 saturated heterocycles. The predicted molar refractivity (Wildman–Crippen MR) is 156 cm³/mol. The summed E-state index contributed by atoms with van der Waals surface area (Å²) in [6.45, 7) is 7.35. The molecule has 8 heteroatoms. The highest BCUT2D eigenvalue weighted by atomic mass is 32.1. The Kier molecular flexibility index (Phi) is 9.26. The summed E-state index contributed by atoms with van der Waals surface area (Å²) >= 11 is 1.78. The van der Waals surface area contributed by atoms with Crippen molar-refractivity contribution in [3.05, 3.63) is 132 Å². The van der Waals surface area contributed by atoms with Crippen molar-refractivity contribution in [1.29, 1.82) is 0 Å². The molecular weight excluding hydrogens is 512 g/mol. The maximum atomic E-state index is 14.8. The second-order valence-corrected chi connectivity index (χ2v) is 9.42. The van der Waals surface area contributed by atoms with Crippen LogP contribution in [0.2, 0.25) is 0 Å². The molecule has 0 spiro atoms. The van der Waals surface area contributed by atoms with Crippen molar-refractivity contribution in [1.82, 2.24) is 19.6 Å². The number of allylic oxidation sites excluding steroid dienone is 1. The highest BCUT2D eigenvalue weighted by Crippen LogP contribution is 2.35. The Morgan fingerprint density at radius 1 is 0.949 bits per heavy atom. The van der Waals surface area contributed by atoms with Gasteiger partial charge in [-0.3, -0.25) is 0 Å². The first-order valence-electron chi connectivity index (χ1n) is 12.2. The Morgan fingerprint density at radius 3 is 2.41 bits per heavy atom. The van der Waals surface area contributed by atoms with E-state index in [-0.39, 0.29) is 11.8 Å². The largest absolute Gasteiger partial charge is 0.324 e. The van der Waals surface area contributed by atoms with Gasteiger partial charge in [0, 0.05) is 28.5 Å². The number of benzene rings is 2. The predicted octanol–water partition coefficient (Wildman–Crippen LogP) is 8.73. The summed E-state index contributed by atoms with van der Waals surface area (Å²) < 4.78 is 29.8. The summed E-state index contributed by atoms with van der Waals surface area (Å²) in [6.07, 6.45) is 5.02. The molecule has 5 nitrogen and oxygen atoms in total.